The molecule has 0 radical (unpaired) electrons. The van der Waals surface area contributed by atoms with Crippen molar-refractivity contribution in [3.05, 3.63) is 119 Å². The number of benzene rings is 5. The summed E-state index contributed by atoms with van der Waals surface area (Å²) in [4.78, 5) is 5.21. The molecule has 0 amide bonds. The maximum absolute atomic E-state index is 5.21. The summed E-state index contributed by atoms with van der Waals surface area (Å²) in [6.07, 6.45) is 1.97. The molecule has 0 spiro atoms. The average Bonchev–Trinajstić information content (AvgIpc) is 3.59. The molecule has 2 aliphatic rings. The van der Waals surface area contributed by atoms with Crippen molar-refractivity contribution in [3.63, 3.8) is 0 Å². The van der Waals surface area contributed by atoms with Crippen molar-refractivity contribution in [2.45, 2.75) is 12.8 Å². The van der Waals surface area contributed by atoms with E-state index in [1.807, 2.05) is 0 Å². The fourth-order valence-electron chi connectivity index (χ4n) is 6.78. The Bertz CT molecular complexity index is 2060. The first kappa shape index (κ1) is 18.0. The van der Waals surface area contributed by atoms with Crippen LogP contribution in [0, 0.1) is 0 Å². The maximum atomic E-state index is 5.21. The van der Waals surface area contributed by atoms with Crippen LogP contribution in [0.4, 0.5) is 0 Å². The van der Waals surface area contributed by atoms with Crippen LogP contribution in [0.15, 0.2) is 97.1 Å². The van der Waals surface area contributed by atoms with Crippen molar-refractivity contribution in [2.24, 2.45) is 0 Å². The maximum Gasteiger partial charge on any atom is 0.146 e. The summed E-state index contributed by atoms with van der Waals surface area (Å²) in [6.45, 7) is 0. The van der Waals surface area contributed by atoms with E-state index in [1.165, 1.54) is 71.7 Å². The highest BCUT2D eigenvalue weighted by Crippen LogP contribution is 2.48. The van der Waals surface area contributed by atoms with E-state index < -0.39 is 0 Å². The second-order valence-electron chi connectivity index (χ2n) is 9.94. The number of hydrogen-bond acceptors (Lipinski definition) is 1. The Balaban J connectivity index is 1.57. The van der Waals surface area contributed by atoms with Crippen molar-refractivity contribution in [2.75, 3.05) is 0 Å². The fraction of sp³-hybridized carbons (Fsp3) is 0.0606. The first-order valence-electron chi connectivity index (χ1n) is 12.3. The first-order valence-corrected chi connectivity index (χ1v) is 12.3. The number of rotatable bonds is 0. The number of hydrogen-bond donors (Lipinski definition) is 0. The number of nitrogens with zero attached hydrogens (tertiary/aromatic N) is 2. The van der Waals surface area contributed by atoms with Gasteiger partial charge in [-0.15, -0.1) is 0 Å². The number of pyridine rings is 1. The van der Waals surface area contributed by atoms with Gasteiger partial charge in [0.25, 0.3) is 0 Å². The molecule has 2 heterocycles. The second-order valence-corrected chi connectivity index (χ2v) is 9.94. The quantitative estimate of drug-likeness (QED) is 0.217. The smallest absolute Gasteiger partial charge is 0.146 e. The van der Waals surface area contributed by atoms with Gasteiger partial charge in [-0.25, -0.2) is 4.98 Å². The molecule has 7 aromatic rings. The van der Waals surface area contributed by atoms with Crippen molar-refractivity contribution in [3.8, 4) is 22.3 Å². The summed E-state index contributed by atoms with van der Waals surface area (Å²) in [5.74, 6) is 0. The highest BCUT2D eigenvalue weighted by Gasteiger charge is 2.27. The molecular formula is C33H20N2. The Labute approximate surface area is 202 Å². The van der Waals surface area contributed by atoms with Crippen LogP contribution in [0.2, 0.25) is 0 Å². The molecule has 2 aliphatic carbocycles. The molecule has 162 valence electrons. The molecule has 0 saturated carbocycles. The van der Waals surface area contributed by atoms with Crippen molar-refractivity contribution in [1.29, 1.82) is 0 Å². The van der Waals surface area contributed by atoms with Gasteiger partial charge < -0.3 is 0 Å². The van der Waals surface area contributed by atoms with E-state index in [9.17, 15) is 0 Å². The largest absolute Gasteiger partial charge is 0.291 e. The van der Waals surface area contributed by atoms with Crippen LogP contribution in [0.3, 0.4) is 0 Å². The number of para-hydroxylation sites is 2. The summed E-state index contributed by atoms with van der Waals surface area (Å²) in [7, 11) is 0. The molecular weight excluding hydrogens is 424 g/mol. The highest BCUT2D eigenvalue weighted by atomic mass is 15.0. The third-order valence-corrected chi connectivity index (χ3v) is 8.21. The molecule has 5 aromatic carbocycles. The van der Waals surface area contributed by atoms with Crippen molar-refractivity contribution < 1.29 is 0 Å². The molecule has 0 atom stereocenters. The van der Waals surface area contributed by atoms with Gasteiger partial charge in [-0.3, -0.25) is 4.40 Å². The number of imidazole rings is 1. The van der Waals surface area contributed by atoms with Gasteiger partial charge in [-0.05, 0) is 75.4 Å². The predicted octanol–water partition coefficient (Wildman–Crippen LogP) is 7.94. The van der Waals surface area contributed by atoms with Crippen LogP contribution in [0.25, 0.3) is 60.6 Å². The monoisotopic (exact) mass is 444 g/mol. The summed E-state index contributed by atoms with van der Waals surface area (Å²) < 4.78 is 2.43. The van der Waals surface area contributed by atoms with E-state index in [1.54, 1.807) is 0 Å². The Morgan fingerprint density at radius 1 is 0.571 bits per heavy atom. The van der Waals surface area contributed by atoms with E-state index in [2.05, 4.69) is 101 Å². The zero-order valence-corrected chi connectivity index (χ0v) is 19.0. The van der Waals surface area contributed by atoms with E-state index >= 15 is 0 Å². The van der Waals surface area contributed by atoms with Crippen LogP contribution in [-0.2, 0) is 12.8 Å². The lowest BCUT2D eigenvalue weighted by Crippen LogP contribution is -1.97. The summed E-state index contributed by atoms with van der Waals surface area (Å²) in [5.41, 5.74) is 15.8. The lowest BCUT2D eigenvalue weighted by molar-refractivity contribution is 1.26. The Morgan fingerprint density at radius 3 is 2.23 bits per heavy atom. The minimum Gasteiger partial charge on any atom is -0.291 e. The average molecular weight is 445 g/mol. The van der Waals surface area contributed by atoms with Crippen LogP contribution < -0.4 is 0 Å². The molecule has 9 rings (SSSR count). The van der Waals surface area contributed by atoms with Crippen LogP contribution in [0.5, 0.6) is 0 Å². The van der Waals surface area contributed by atoms with Gasteiger partial charge in [-0.2, -0.15) is 0 Å². The third kappa shape index (κ3) is 2.14. The molecule has 0 aliphatic heterocycles. The van der Waals surface area contributed by atoms with Gasteiger partial charge in [-0.1, -0.05) is 78.9 Å². The van der Waals surface area contributed by atoms with Crippen LogP contribution in [-0.4, -0.2) is 9.38 Å². The highest BCUT2D eigenvalue weighted by molar-refractivity contribution is 6.20. The minimum absolute atomic E-state index is 0.974. The van der Waals surface area contributed by atoms with Crippen molar-refractivity contribution in [1.82, 2.24) is 9.38 Å². The van der Waals surface area contributed by atoms with Crippen LogP contribution in [0.1, 0.15) is 22.3 Å². The van der Waals surface area contributed by atoms with Crippen LogP contribution >= 0.6 is 0 Å². The lowest BCUT2D eigenvalue weighted by Gasteiger charge is -2.16. The molecule has 0 unspecified atom stereocenters. The third-order valence-electron chi connectivity index (χ3n) is 8.21. The molecule has 2 aromatic heterocycles. The van der Waals surface area contributed by atoms with Gasteiger partial charge >= 0.3 is 0 Å². The second kappa shape index (κ2) is 6.17. The normalized spacial score (nSPS) is 13.5. The van der Waals surface area contributed by atoms with E-state index in [0.717, 1.165) is 24.0 Å². The van der Waals surface area contributed by atoms with Gasteiger partial charge in [0, 0.05) is 16.3 Å². The lowest BCUT2D eigenvalue weighted by atomic mass is 9.93. The summed E-state index contributed by atoms with van der Waals surface area (Å²) in [5, 5.41) is 3.94. The fourth-order valence-corrected chi connectivity index (χ4v) is 6.78. The van der Waals surface area contributed by atoms with Gasteiger partial charge in [0.1, 0.15) is 5.65 Å². The van der Waals surface area contributed by atoms with Crippen molar-refractivity contribution >= 4 is 38.4 Å². The van der Waals surface area contributed by atoms with Gasteiger partial charge in [0.2, 0.25) is 0 Å². The standard InChI is InChI=1S/C33H20N2/c1-3-9-22-20(8-1)18-27-24(22)15-16-26-31(27)25-14-13-21-17-19-7-2-4-10-23(19)30(21)32(25)35-29-12-6-5-11-28(29)34-33(26)35/h1-16H,17-18H2. The van der Waals surface area contributed by atoms with E-state index in [4.69, 9.17) is 4.98 Å². The van der Waals surface area contributed by atoms with E-state index in [0.29, 0.717) is 0 Å². The molecule has 0 N–H and O–H groups in total. The zero-order valence-electron chi connectivity index (χ0n) is 19.0. The first-order chi connectivity index (χ1) is 17.4. The Hall–Kier alpha value is -4.43. The van der Waals surface area contributed by atoms with Gasteiger partial charge in [0.05, 0.1) is 16.6 Å². The Morgan fingerprint density at radius 2 is 1.31 bits per heavy atom. The molecule has 0 bridgehead atoms. The molecule has 2 heteroatoms. The minimum atomic E-state index is 0.974. The zero-order chi connectivity index (χ0) is 22.7. The topological polar surface area (TPSA) is 17.3 Å². The SMILES string of the molecule is c1ccc2c(c1)Cc1c-2ccc2c1c1ccc3c(c1n1c4ccccc4nc21)-c1ccccc1C3. The van der Waals surface area contributed by atoms with Gasteiger partial charge in [0.15, 0.2) is 0 Å². The number of fused-ring (bicyclic) bond motifs is 16. The molecule has 2 nitrogen and oxygen atoms in total. The predicted molar refractivity (Wildman–Crippen MR) is 144 cm³/mol. The van der Waals surface area contributed by atoms with E-state index in [-0.39, 0.29) is 0 Å². The summed E-state index contributed by atoms with van der Waals surface area (Å²) >= 11 is 0. The molecule has 35 heavy (non-hydrogen) atoms. The number of aromatic nitrogens is 2. The summed E-state index contributed by atoms with van der Waals surface area (Å²) in [6, 6.07) is 35.7. The Kier molecular flexibility index (Phi) is 3.16. The molecule has 0 saturated heterocycles. The molecule has 0 fully saturated rings.